The molecule has 0 amide bonds. The van der Waals surface area contributed by atoms with Crippen LogP contribution in [0.5, 0.6) is 0 Å². The fraction of sp³-hybridized carbons (Fsp3) is 0.545. The minimum atomic E-state index is 0.343. The smallest absolute Gasteiger partial charge is 0.104 e. The number of hydrogen-bond donors (Lipinski definition) is 0. The standard InChI is InChI=1S/C11H15N5O/c1-9-4-12-15(5-9)6-10-7-16(14-13-10)11-2-3-17-8-11/h4-5,7,11H,2-3,6,8H2,1H3. The van der Waals surface area contributed by atoms with Crippen LogP contribution in [-0.4, -0.2) is 38.0 Å². The first-order valence-corrected chi connectivity index (χ1v) is 5.79. The molecule has 2 aromatic rings. The maximum atomic E-state index is 5.34. The zero-order valence-electron chi connectivity index (χ0n) is 9.78. The highest BCUT2D eigenvalue weighted by Crippen LogP contribution is 2.17. The Bertz CT molecular complexity index is 497. The molecule has 0 aromatic carbocycles. The van der Waals surface area contributed by atoms with Crippen molar-refractivity contribution in [3.63, 3.8) is 0 Å². The number of nitrogens with zero attached hydrogens (tertiary/aromatic N) is 5. The molecule has 6 heteroatoms. The highest BCUT2D eigenvalue weighted by atomic mass is 16.5. The van der Waals surface area contributed by atoms with E-state index in [-0.39, 0.29) is 0 Å². The predicted molar refractivity (Wildman–Crippen MR) is 60.6 cm³/mol. The van der Waals surface area contributed by atoms with Crippen LogP contribution in [0.4, 0.5) is 0 Å². The number of ether oxygens (including phenoxy) is 1. The van der Waals surface area contributed by atoms with Crippen LogP contribution < -0.4 is 0 Å². The Morgan fingerprint density at radius 2 is 2.41 bits per heavy atom. The van der Waals surface area contributed by atoms with Crippen LogP contribution in [0.25, 0.3) is 0 Å². The number of aromatic nitrogens is 5. The molecule has 0 aliphatic carbocycles. The van der Waals surface area contributed by atoms with Crippen molar-refractivity contribution in [3.8, 4) is 0 Å². The lowest BCUT2D eigenvalue weighted by Gasteiger charge is -2.05. The second-order valence-corrected chi connectivity index (χ2v) is 4.42. The molecule has 1 aliphatic heterocycles. The maximum absolute atomic E-state index is 5.34. The second-order valence-electron chi connectivity index (χ2n) is 4.42. The van der Waals surface area contributed by atoms with E-state index in [4.69, 9.17) is 4.74 Å². The van der Waals surface area contributed by atoms with Gasteiger partial charge in [0.25, 0.3) is 0 Å². The molecule has 6 nitrogen and oxygen atoms in total. The van der Waals surface area contributed by atoms with E-state index < -0.39 is 0 Å². The van der Waals surface area contributed by atoms with E-state index in [1.165, 1.54) is 0 Å². The molecule has 2 aromatic heterocycles. The van der Waals surface area contributed by atoms with Crippen LogP contribution in [0, 0.1) is 6.92 Å². The first kappa shape index (κ1) is 10.5. The predicted octanol–water partition coefficient (Wildman–Crippen LogP) is 0.793. The summed E-state index contributed by atoms with van der Waals surface area (Å²) in [6, 6.07) is 0.343. The Morgan fingerprint density at radius 1 is 1.47 bits per heavy atom. The van der Waals surface area contributed by atoms with Crippen molar-refractivity contribution in [2.24, 2.45) is 0 Å². The molecule has 90 valence electrons. The monoisotopic (exact) mass is 233 g/mol. The zero-order chi connectivity index (χ0) is 11.7. The Kier molecular flexibility index (Phi) is 2.64. The van der Waals surface area contributed by atoms with Crippen molar-refractivity contribution in [1.82, 2.24) is 24.8 Å². The van der Waals surface area contributed by atoms with Crippen molar-refractivity contribution in [2.45, 2.75) is 25.9 Å². The third kappa shape index (κ3) is 2.21. The molecule has 0 radical (unpaired) electrons. The van der Waals surface area contributed by atoms with Gasteiger partial charge in [-0.05, 0) is 18.9 Å². The van der Waals surface area contributed by atoms with Gasteiger partial charge in [-0.15, -0.1) is 5.10 Å². The largest absolute Gasteiger partial charge is 0.379 e. The van der Waals surface area contributed by atoms with Crippen molar-refractivity contribution in [1.29, 1.82) is 0 Å². The normalized spacial score (nSPS) is 19.9. The highest BCUT2D eigenvalue weighted by Gasteiger charge is 2.18. The third-order valence-electron chi connectivity index (χ3n) is 2.92. The van der Waals surface area contributed by atoms with Crippen LogP contribution >= 0.6 is 0 Å². The van der Waals surface area contributed by atoms with E-state index in [1.54, 1.807) is 0 Å². The molecule has 1 unspecified atom stereocenters. The van der Waals surface area contributed by atoms with E-state index in [1.807, 2.05) is 34.9 Å². The van der Waals surface area contributed by atoms with Gasteiger partial charge < -0.3 is 4.74 Å². The Morgan fingerprint density at radius 3 is 3.12 bits per heavy atom. The van der Waals surface area contributed by atoms with Crippen molar-refractivity contribution in [2.75, 3.05) is 13.2 Å². The van der Waals surface area contributed by atoms with Gasteiger partial charge in [0.05, 0.1) is 31.6 Å². The number of rotatable bonds is 3. The van der Waals surface area contributed by atoms with E-state index in [9.17, 15) is 0 Å². The Labute approximate surface area is 99.2 Å². The lowest BCUT2D eigenvalue weighted by atomic mass is 10.3. The molecule has 1 aliphatic rings. The molecule has 17 heavy (non-hydrogen) atoms. The average Bonchev–Trinajstić information content (AvgIpc) is 3.00. The summed E-state index contributed by atoms with van der Waals surface area (Å²) in [7, 11) is 0. The summed E-state index contributed by atoms with van der Waals surface area (Å²) in [5.74, 6) is 0. The SMILES string of the molecule is Cc1cnn(Cc2cn(C3CCOC3)nn2)c1. The first-order chi connectivity index (χ1) is 8.31. The van der Waals surface area contributed by atoms with E-state index in [2.05, 4.69) is 15.4 Å². The molecule has 1 saturated heterocycles. The van der Waals surface area contributed by atoms with E-state index in [0.717, 1.165) is 30.9 Å². The Hall–Kier alpha value is -1.69. The van der Waals surface area contributed by atoms with Gasteiger partial charge in [-0.3, -0.25) is 4.68 Å². The van der Waals surface area contributed by atoms with Gasteiger partial charge in [0.2, 0.25) is 0 Å². The minimum Gasteiger partial charge on any atom is -0.379 e. The summed E-state index contributed by atoms with van der Waals surface area (Å²) in [6.07, 6.45) is 6.84. The molecule has 0 saturated carbocycles. The van der Waals surface area contributed by atoms with Crippen LogP contribution in [0.3, 0.4) is 0 Å². The maximum Gasteiger partial charge on any atom is 0.104 e. The van der Waals surface area contributed by atoms with Gasteiger partial charge in [-0.2, -0.15) is 5.10 Å². The molecule has 1 atom stereocenters. The van der Waals surface area contributed by atoms with Gasteiger partial charge >= 0.3 is 0 Å². The van der Waals surface area contributed by atoms with Gasteiger partial charge in [0, 0.05) is 12.8 Å². The summed E-state index contributed by atoms with van der Waals surface area (Å²) < 4.78 is 9.11. The van der Waals surface area contributed by atoms with Crippen LogP contribution in [0.15, 0.2) is 18.6 Å². The zero-order valence-corrected chi connectivity index (χ0v) is 9.78. The fourth-order valence-corrected chi connectivity index (χ4v) is 2.01. The molecule has 0 bridgehead atoms. The minimum absolute atomic E-state index is 0.343. The number of hydrogen-bond acceptors (Lipinski definition) is 4. The quantitative estimate of drug-likeness (QED) is 0.786. The third-order valence-corrected chi connectivity index (χ3v) is 2.92. The lowest BCUT2D eigenvalue weighted by Crippen LogP contribution is -2.09. The average molecular weight is 233 g/mol. The van der Waals surface area contributed by atoms with Gasteiger partial charge in [0.15, 0.2) is 0 Å². The van der Waals surface area contributed by atoms with Crippen LogP contribution in [0.1, 0.15) is 23.7 Å². The van der Waals surface area contributed by atoms with Crippen molar-refractivity contribution >= 4 is 0 Å². The van der Waals surface area contributed by atoms with Crippen molar-refractivity contribution in [3.05, 3.63) is 29.8 Å². The fourth-order valence-electron chi connectivity index (χ4n) is 2.01. The molecular weight excluding hydrogens is 218 g/mol. The van der Waals surface area contributed by atoms with E-state index in [0.29, 0.717) is 12.6 Å². The summed E-state index contributed by atoms with van der Waals surface area (Å²) in [5.41, 5.74) is 2.08. The van der Waals surface area contributed by atoms with Crippen LogP contribution in [0.2, 0.25) is 0 Å². The molecular formula is C11H15N5O. The lowest BCUT2D eigenvalue weighted by molar-refractivity contribution is 0.184. The number of aryl methyl sites for hydroxylation is 1. The molecule has 3 rings (SSSR count). The van der Waals surface area contributed by atoms with Gasteiger partial charge in [-0.1, -0.05) is 5.21 Å². The Balaban J connectivity index is 1.71. The summed E-state index contributed by atoms with van der Waals surface area (Å²) in [4.78, 5) is 0. The summed E-state index contributed by atoms with van der Waals surface area (Å²) in [5, 5.41) is 12.5. The van der Waals surface area contributed by atoms with E-state index >= 15 is 0 Å². The first-order valence-electron chi connectivity index (χ1n) is 5.79. The highest BCUT2D eigenvalue weighted by molar-refractivity contribution is 5.02. The molecule has 3 heterocycles. The molecule has 1 fully saturated rings. The summed E-state index contributed by atoms with van der Waals surface area (Å²) in [6.45, 7) is 4.25. The second kappa shape index (κ2) is 4.29. The van der Waals surface area contributed by atoms with Crippen LogP contribution in [-0.2, 0) is 11.3 Å². The van der Waals surface area contributed by atoms with Crippen molar-refractivity contribution < 1.29 is 4.74 Å². The summed E-state index contributed by atoms with van der Waals surface area (Å²) >= 11 is 0. The topological polar surface area (TPSA) is 57.8 Å². The molecule has 0 spiro atoms. The van der Waals surface area contributed by atoms with Gasteiger partial charge in [-0.25, -0.2) is 4.68 Å². The molecule has 0 N–H and O–H groups in total. The van der Waals surface area contributed by atoms with Gasteiger partial charge in [0.1, 0.15) is 5.69 Å².